The minimum Gasteiger partial charge on any atom is -0.360 e. The number of hydrogen-bond acceptors (Lipinski definition) is 2. The Bertz CT molecular complexity index is 784. The first-order valence-electron chi connectivity index (χ1n) is 6.54. The van der Waals surface area contributed by atoms with Gasteiger partial charge in [0.2, 0.25) is 5.43 Å². The van der Waals surface area contributed by atoms with E-state index in [4.69, 9.17) is 0 Å². The van der Waals surface area contributed by atoms with Gasteiger partial charge in [-0.2, -0.15) is 0 Å². The number of fused-ring (bicyclic) bond motifs is 1. The molecule has 4 nitrogen and oxygen atoms in total. The van der Waals surface area contributed by atoms with Crippen LogP contribution in [0.15, 0.2) is 59.2 Å². The van der Waals surface area contributed by atoms with Gasteiger partial charge in [-0.05, 0) is 31.1 Å². The number of carbonyl (C=O) groups excluding carboxylic acids is 1. The second kappa shape index (κ2) is 5.17. The summed E-state index contributed by atoms with van der Waals surface area (Å²) in [6.45, 7) is 0. The third kappa shape index (κ3) is 2.28. The lowest BCUT2D eigenvalue weighted by Gasteiger charge is -2.09. The number of H-pyrrole nitrogens is 1. The van der Waals surface area contributed by atoms with Crippen molar-refractivity contribution in [2.45, 2.75) is 12.8 Å². The third-order valence-electron chi connectivity index (χ3n) is 3.29. The minimum atomic E-state index is -0.380. The van der Waals surface area contributed by atoms with Gasteiger partial charge in [0.1, 0.15) is 5.56 Å². The summed E-state index contributed by atoms with van der Waals surface area (Å²) >= 11 is 0. The molecule has 1 heterocycles. The number of hydrogen-bond donors (Lipinski definition) is 2. The molecule has 0 atom stereocenters. The molecule has 0 unspecified atom stereocenters. The Hall–Kier alpha value is -2.62. The molecule has 4 heteroatoms. The van der Waals surface area contributed by atoms with Crippen molar-refractivity contribution < 1.29 is 4.79 Å². The summed E-state index contributed by atoms with van der Waals surface area (Å²) in [4.78, 5) is 27.4. The molecule has 0 bridgehead atoms. The van der Waals surface area contributed by atoms with Crippen LogP contribution in [-0.4, -0.2) is 10.9 Å². The molecule has 0 saturated carbocycles. The number of rotatable bonds is 2. The summed E-state index contributed by atoms with van der Waals surface area (Å²) in [5.74, 6) is -0.380. The van der Waals surface area contributed by atoms with Gasteiger partial charge in [-0.25, -0.2) is 0 Å². The van der Waals surface area contributed by atoms with Crippen molar-refractivity contribution in [2.75, 3.05) is 0 Å². The topological polar surface area (TPSA) is 62.0 Å². The summed E-state index contributed by atoms with van der Waals surface area (Å²) in [6, 6.07) is 7.15. The monoisotopic (exact) mass is 266 g/mol. The standard InChI is InChI=1S/C16H14N2O2/c19-15-12-8-4-5-9-14(12)17-10-13(15)16(20)18-11-6-2-1-3-7-11/h2,4-10H,1,3H2,(H,17,19)(H,18,20). The summed E-state index contributed by atoms with van der Waals surface area (Å²) in [7, 11) is 0. The molecule has 1 aliphatic rings. The maximum Gasteiger partial charge on any atom is 0.261 e. The molecule has 1 aromatic heterocycles. The Morgan fingerprint density at radius 2 is 2.05 bits per heavy atom. The number of allylic oxidation sites excluding steroid dienone is 3. The summed E-state index contributed by atoms with van der Waals surface area (Å²) < 4.78 is 0. The first-order valence-corrected chi connectivity index (χ1v) is 6.54. The first kappa shape index (κ1) is 12.4. The molecule has 0 saturated heterocycles. The van der Waals surface area contributed by atoms with Crippen LogP contribution in [0.5, 0.6) is 0 Å². The van der Waals surface area contributed by atoms with Gasteiger partial charge < -0.3 is 10.3 Å². The molecule has 0 spiro atoms. The van der Waals surface area contributed by atoms with Crippen LogP contribution in [0, 0.1) is 0 Å². The molecule has 1 aromatic carbocycles. The predicted octanol–water partition coefficient (Wildman–Crippen LogP) is 2.49. The average molecular weight is 266 g/mol. The fourth-order valence-corrected chi connectivity index (χ4v) is 2.24. The lowest BCUT2D eigenvalue weighted by molar-refractivity contribution is 0.0966. The van der Waals surface area contributed by atoms with Gasteiger partial charge in [-0.1, -0.05) is 24.3 Å². The van der Waals surface area contributed by atoms with E-state index in [9.17, 15) is 9.59 Å². The normalized spacial score (nSPS) is 14.1. The molecule has 1 aliphatic carbocycles. The van der Waals surface area contributed by atoms with E-state index < -0.39 is 0 Å². The van der Waals surface area contributed by atoms with Crippen LogP contribution < -0.4 is 10.7 Å². The summed E-state index contributed by atoms with van der Waals surface area (Å²) in [6.07, 6.45) is 9.16. The minimum absolute atomic E-state index is 0.128. The van der Waals surface area contributed by atoms with Crippen molar-refractivity contribution in [2.24, 2.45) is 0 Å². The van der Waals surface area contributed by atoms with E-state index in [0.717, 1.165) is 24.1 Å². The zero-order chi connectivity index (χ0) is 13.9. The van der Waals surface area contributed by atoms with E-state index in [1.165, 1.54) is 6.20 Å². The van der Waals surface area contributed by atoms with E-state index in [-0.39, 0.29) is 16.9 Å². The number of nitrogens with one attached hydrogen (secondary N) is 2. The number of para-hydroxylation sites is 1. The van der Waals surface area contributed by atoms with Crippen molar-refractivity contribution in [3.63, 3.8) is 0 Å². The van der Waals surface area contributed by atoms with Crippen molar-refractivity contribution >= 4 is 16.8 Å². The fourth-order valence-electron chi connectivity index (χ4n) is 2.24. The van der Waals surface area contributed by atoms with Gasteiger partial charge in [-0.15, -0.1) is 0 Å². The third-order valence-corrected chi connectivity index (χ3v) is 3.29. The molecule has 1 amide bonds. The van der Waals surface area contributed by atoms with E-state index in [1.807, 2.05) is 30.4 Å². The van der Waals surface area contributed by atoms with Crippen LogP contribution >= 0.6 is 0 Å². The molecule has 20 heavy (non-hydrogen) atoms. The van der Waals surface area contributed by atoms with E-state index in [0.29, 0.717) is 5.39 Å². The van der Waals surface area contributed by atoms with Crippen molar-refractivity contribution in [3.05, 3.63) is 70.2 Å². The van der Waals surface area contributed by atoms with Crippen molar-refractivity contribution in [3.8, 4) is 0 Å². The van der Waals surface area contributed by atoms with Gasteiger partial charge in [0.15, 0.2) is 0 Å². The van der Waals surface area contributed by atoms with Crippen LogP contribution in [0.3, 0.4) is 0 Å². The van der Waals surface area contributed by atoms with Crippen LogP contribution in [0.25, 0.3) is 10.9 Å². The Morgan fingerprint density at radius 3 is 2.85 bits per heavy atom. The number of benzene rings is 1. The van der Waals surface area contributed by atoms with Crippen LogP contribution in [-0.2, 0) is 0 Å². The van der Waals surface area contributed by atoms with Crippen LogP contribution in [0.1, 0.15) is 23.2 Å². The number of aromatic nitrogens is 1. The quantitative estimate of drug-likeness (QED) is 0.877. The molecule has 0 aliphatic heterocycles. The van der Waals surface area contributed by atoms with E-state index in [1.54, 1.807) is 12.1 Å². The second-order valence-corrected chi connectivity index (χ2v) is 4.67. The molecule has 0 radical (unpaired) electrons. The van der Waals surface area contributed by atoms with Crippen molar-refractivity contribution in [1.29, 1.82) is 0 Å². The maximum atomic E-state index is 12.3. The molecule has 3 rings (SSSR count). The number of carbonyl (C=O) groups is 1. The average Bonchev–Trinajstić information content (AvgIpc) is 2.49. The Labute approximate surface area is 115 Å². The number of pyridine rings is 1. The van der Waals surface area contributed by atoms with E-state index >= 15 is 0 Å². The summed E-state index contributed by atoms with van der Waals surface area (Å²) in [5, 5.41) is 3.28. The van der Waals surface area contributed by atoms with Gasteiger partial charge in [-0.3, -0.25) is 9.59 Å². The van der Waals surface area contributed by atoms with Crippen LogP contribution in [0.2, 0.25) is 0 Å². The van der Waals surface area contributed by atoms with E-state index in [2.05, 4.69) is 10.3 Å². The highest BCUT2D eigenvalue weighted by molar-refractivity contribution is 5.98. The SMILES string of the molecule is O=C(NC1=CCCC=C1)c1c[nH]c2ccccc2c1=O. The van der Waals surface area contributed by atoms with Crippen LogP contribution in [0.4, 0.5) is 0 Å². The predicted molar refractivity (Wildman–Crippen MR) is 78.5 cm³/mol. The number of amides is 1. The Kier molecular flexibility index (Phi) is 3.21. The Morgan fingerprint density at radius 1 is 1.20 bits per heavy atom. The van der Waals surface area contributed by atoms with Gasteiger partial charge in [0.05, 0.1) is 0 Å². The fraction of sp³-hybridized carbons (Fsp3) is 0.125. The zero-order valence-corrected chi connectivity index (χ0v) is 10.8. The largest absolute Gasteiger partial charge is 0.360 e. The van der Waals surface area contributed by atoms with Gasteiger partial charge in [0.25, 0.3) is 5.91 Å². The molecule has 0 fully saturated rings. The summed E-state index contributed by atoms with van der Waals surface area (Å²) in [5.41, 5.74) is 1.35. The molecular weight excluding hydrogens is 252 g/mol. The smallest absolute Gasteiger partial charge is 0.261 e. The van der Waals surface area contributed by atoms with Crippen molar-refractivity contribution in [1.82, 2.24) is 10.3 Å². The molecule has 2 N–H and O–H groups in total. The second-order valence-electron chi connectivity index (χ2n) is 4.67. The molecular formula is C16H14N2O2. The van der Waals surface area contributed by atoms with Gasteiger partial charge >= 0.3 is 0 Å². The highest BCUT2D eigenvalue weighted by Crippen LogP contribution is 2.09. The lowest BCUT2D eigenvalue weighted by atomic mass is 10.1. The molecule has 100 valence electrons. The number of aromatic amines is 1. The Balaban J connectivity index is 1.96. The zero-order valence-electron chi connectivity index (χ0n) is 10.8. The highest BCUT2D eigenvalue weighted by Gasteiger charge is 2.13. The molecule has 2 aromatic rings. The highest BCUT2D eigenvalue weighted by atomic mass is 16.2. The lowest BCUT2D eigenvalue weighted by Crippen LogP contribution is -2.28. The first-order chi connectivity index (χ1) is 9.75. The maximum absolute atomic E-state index is 12.3. The van der Waals surface area contributed by atoms with Gasteiger partial charge in [0, 0.05) is 22.8 Å².